The van der Waals surface area contributed by atoms with Gasteiger partial charge in [-0.1, -0.05) is 30.3 Å². The number of alkyl halides is 2. The van der Waals surface area contributed by atoms with E-state index in [0.29, 0.717) is 29.9 Å². The number of nitrogens with zero attached hydrogens (tertiary/aromatic N) is 3. The van der Waals surface area contributed by atoms with Crippen LogP contribution in [0.25, 0.3) is 16.7 Å². The van der Waals surface area contributed by atoms with Crippen LogP contribution in [0, 0.1) is 5.41 Å². The molecule has 180 valence electrons. The average Bonchev–Trinajstić information content (AvgIpc) is 3.66. The van der Waals surface area contributed by atoms with Gasteiger partial charge >= 0.3 is 5.97 Å². The second-order valence-corrected chi connectivity index (χ2v) is 8.38. The normalized spacial score (nSPS) is 15.1. The fourth-order valence-electron chi connectivity index (χ4n) is 3.76. The van der Waals surface area contributed by atoms with Gasteiger partial charge in [0.2, 0.25) is 0 Å². The SMILES string of the molecule is CN/C(Nc1cncc(C(C)(F)F)n1)=C(\C=N)c1ccc(-c2ccc(C3(C(=O)O)CC3)cc2)cn1. The summed E-state index contributed by atoms with van der Waals surface area (Å²) in [6.45, 7) is 0.744. The Morgan fingerprint density at radius 1 is 1.11 bits per heavy atom. The lowest BCUT2D eigenvalue weighted by Gasteiger charge is -2.15. The van der Waals surface area contributed by atoms with E-state index in [-0.39, 0.29) is 5.82 Å². The number of carboxylic acid groups (broad SMARTS) is 1. The van der Waals surface area contributed by atoms with Gasteiger partial charge in [0.15, 0.2) is 5.82 Å². The van der Waals surface area contributed by atoms with Crippen LogP contribution in [0.1, 0.15) is 36.7 Å². The van der Waals surface area contributed by atoms with Crippen molar-refractivity contribution in [2.75, 3.05) is 12.4 Å². The van der Waals surface area contributed by atoms with Crippen LogP contribution < -0.4 is 10.6 Å². The number of aromatic nitrogens is 3. The minimum Gasteiger partial charge on any atom is -0.481 e. The molecule has 2 heterocycles. The summed E-state index contributed by atoms with van der Waals surface area (Å²) in [5.74, 6) is -3.49. The van der Waals surface area contributed by atoms with Gasteiger partial charge in [-0.15, -0.1) is 0 Å². The summed E-state index contributed by atoms with van der Waals surface area (Å²) < 4.78 is 27.2. The summed E-state index contributed by atoms with van der Waals surface area (Å²) in [6, 6.07) is 11.0. The van der Waals surface area contributed by atoms with E-state index in [0.717, 1.165) is 36.0 Å². The van der Waals surface area contributed by atoms with Crippen molar-refractivity contribution in [3.63, 3.8) is 0 Å². The molecule has 2 aromatic heterocycles. The van der Waals surface area contributed by atoms with E-state index >= 15 is 0 Å². The number of hydrogen-bond acceptors (Lipinski definition) is 7. The minimum atomic E-state index is -3.14. The molecule has 0 saturated heterocycles. The molecule has 1 fully saturated rings. The van der Waals surface area contributed by atoms with Crippen LogP contribution in [0.2, 0.25) is 0 Å². The van der Waals surface area contributed by atoms with Gasteiger partial charge in [0.1, 0.15) is 11.5 Å². The Balaban J connectivity index is 1.58. The van der Waals surface area contributed by atoms with Gasteiger partial charge in [0, 0.05) is 31.9 Å². The number of anilines is 1. The first-order valence-electron chi connectivity index (χ1n) is 10.9. The summed E-state index contributed by atoms with van der Waals surface area (Å²) in [4.78, 5) is 23.7. The molecule has 0 radical (unpaired) electrons. The van der Waals surface area contributed by atoms with Crippen LogP contribution in [0.5, 0.6) is 0 Å². The third-order valence-corrected chi connectivity index (χ3v) is 5.97. The molecule has 0 amide bonds. The van der Waals surface area contributed by atoms with Gasteiger partial charge in [-0.25, -0.2) is 4.98 Å². The predicted molar refractivity (Wildman–Crippen MR) is 128 cm³/mol. The molecule has 1 aliphatic carbocycles. The van der Waals surface area contributed by atoms with Crippen LogP contribution >= 0.6 is 0 Å². The number of aliphatic carboxylic acids is 1. The number of pyridine rings is 1. The first-order valence-corrected chi connectivity index (χ1v) is 10.9. The van der Waals surface area contributed by atoms with Crippen molar-refractivity contribution in [3.05, 3.63) is 77.8 Å². The van der Waals surface area contributed by atoms with E-state index in [9.17, 15) is 18.7 Å². The number of allylic oxidation sites excluding steroid dienone is 1. The molecule has 3 aromatic rings. The Morgan fingerprint density at radius 2 is 1.80 bits per heavy atom. The van der Waals surface area contributed by atoms with Gasteiger partial charge in [-0.05, 0) is 30.0 Å². The lowest BCUT2D eigenvalue weighted by Crippen LogP contribution is -2.20. The summed E-state index contributed by atoms with van der Waals surface area (Å²) in [5.41, 5.74) is 2.15. The standard InChI is InChI=1S/C25H24F2N6O2/c1-24(26,27)20-13-30-14-21(32-20)33-22(29-2)18(11-28)19-8-5-16(12-31-19)15-3-6-17(7-4-15)25(9-10-25)23(34)35/h3-8,11-14,28-29H,9-10H2,1-2H3,(H,32,33)(H,34,35)/b22-18-,28-11?. The second-order valence-electron chi connectivity index (χ2n) is 8.38. The fourth-order valence-corrected chi connectivity index (χ4v) is 3.76. The molecular weight excluding hydrogens is 454 g/mol. The number of carbonyl (C=O) groups is 1. The molecule has 0 aliphatic heterocycles. The highest BCUT2D eigenvalue weighted by Gasteiger charge is 2.51. The molecule has 35 heavy (non-hydrogen) atoms. The lowest BCUT2D eigenvalue weighted by molar-refractivity contribution is -0.140. The summed E-state index contributed by atoms with van der Waals surface area (Å²) in [7, 11) is 1.62. The van der Waals surface area contributed by atoms with Crippen molar-refractivity contribution in [1.29, 1.82) is 5.41 Å². The molecule has 0 unspecified atom stereocenters. The molecule has 4 rings (SSSR count). The third kappa shape index (κ3) is 4.86. The summed E-state index contributed by atoms with van der Waals surface area (Å²) >= 11 is 0. The smallest absolute Gasteiger partial charge is 0.314 e. The van der Waals surface area contributed by atoms with Gasteiger partial charge in [0.25, 0.3) is 5.92 Å². The van der Waals surface area contributed by atoms with Gasteiger partial charge < -0.3 is 21.1 Å². The number of rotatable bonds is 9. The summed E-state index contributed by atoms with van der Waals surface area (Å²) in [5, 5.41) is 23.2. The molecule has 4 N–H and O–H groups in total. The van der Waals surface area contributed by atoms with Crippen LogP contribution in [-0.2, 0) is 16.1 Å². The number of nitrogens with one attached hydrogen (secondary N) is 3. The molecule has 0 bridgehead atoms. The first kappa shape index (κ1) is 23.9. The van der Waals surface area contributed by atoms with Crippen molar-refractivity contribution >= 4 is 23.6 Å². The topological polar surface area (TPSA) is 124 Å². The van der Waals surface area contributed by atoms with Crippen LogP contribution in [0.3, 0.4) is 0 Å². The average molecular weight is 479 g/mol. The molecule has 10 heteroatoms. The van der Waals surface area contributed by atoms with Crippen molar-refractivity contribution in [2.24, 2.45) is 0 Å². The molecular formula is C25H24F2N6O2. The highest BCUT2D eigenvalue weighted by Crippen LogP contribution is 2.48. The molecule has 1 saturated carbocycles. The fraction of sp³-hybridized carbons (Fsp3) is 0.240. The largest absolute Gasteiger partial charge is 0.481 e. The van der Waals surface area contributed by atoms with E-state index in [1.807, 2.05) is 30.3 Å². The zero-order valence-corrected chi connectivity index (χ0v) is 19.1. The van der Waals surface area contributed by atoms with Crippen LogP contribution in [0.15, 0.2) is 60.8 Å². The van der Waals surface area contributed by atoms with E-state index in [4.69, 9.17) is 5.41 Å². The van der Waals surface area contributed by atoms with Crippen molar-refractivity contribution in [1.82, 2.24) is 20.3 Å². The lowest BCUT2D eigenvalue weighted by atomic mass is 9.94. The highest BCUT2D eigenvalue weighted by atomic mass is 19.3. The zero-order chi connectivity index (χ0) is 25.2. The minimum absolute atomic E-state index is 0.0965. The highest BCUT2D eigenvalue weighted by molar-refractivity contribution is 6.09. The Morgan fingerprint density at radius 3 is 2.31 bits per heavy atom. The monoisotopic (exact) mass is 478 g/mol. The maximum Gasteiger partial charge on any atom is 0.314 e. The molecule has 0 atom stereocenters. The Hall–Kier alpha value is -4.21. The summed E-state index contributed by atoms with van der Waals surface area (Å²) in [6.07, 6.45) is 6.37. The predicted octanol–water partition coefficient (Wildman–Crippen LogP) is 4.42. The molecule has 1 aliphatic rings. The van der Waals surface area contributed by atoms with Gasteiger partial charge in [-0.2, -0.15) is 8.78 Å². The third-order valence-electron chi connectivity index (χ3n) is 5.97. The van der Waals surface area contributed by atoms with Gasteiger partial charge in [-0.3, -0.25) is 14.8 Å². The molecule has 1 aromatic carbocycles. The van der Waals surface area contributed by atoms with Crippen LogP contribution in [0.4, 0.5) is 14.6 Å². The van der Waals surface area contributed by atoms with Gasteiger partial charge in [0.05, 0.1) is 29.1 Å². The maximum absolute atomic E-state index is 13.6. The van der Waals surface area contributed by atoms with Crippen LogP contribution in [-0.4, -0.2) is 39.3 Å². The van der Waals surface area contributed by atoms with Crippen molar-refractivity contribution < 1.29 is 18.7 Å². The van der Waals surface area contributed by atoms with E-state index in [2.05, 4.69) is 25.6 Å². The second kappa shape index (κ2) is 9.21. The van der Waals surface area contributed by atoms with Crippen molar-refractivity contribution in [2.45, 2.75) is 31.1 Å². The number of carboxylic acids is 1. The molecule has 8 nitrogen and oxygen atoms in total. The molecule has 0 spiro atoms. The zero-order valence-electron chi connectivity index (χ0n) is 19.1. The van der Waals surface area contributed by atoms with Crippen molar-refractivity contribution in [3.8, 4) is 11.1 Å². The van der Waals surface area contributed by atoms with E-state index in [1.165, 1.54) is 6.20 Å². The Labute approximate surface area is 200 Å². The quantitative estimate of drug-likeness (QED) is 0.336. The van der Waals surface area contributed by atoms with E-state index in [1.54, 1.807) is 19.3 Å². The Bertz CT molecular complexity index is 1280. The van der Waals surface area contributed by atoms with E-state index < -0.39 is 23.0 Å². The maximum atomic E-state index is 13.6. The number of hydrogen-bond donors (Lipinski definition) is 4. The number of halogens is 2. The first-order chi connectivity index (χ1) is 16.7. The Kier molecular flexibility index (Phi) is 6.29. The number of benzene rings is 1.